The largest absolute Gasteiger partial charge is 0.508 e. The van der Waals surface area contributed by atoms with Crippen LogP contribution in [-0.4, -0.2) is 28.2 Å². The van der Waals surface area contributed by atoms with Gasteiger partial charge in [-0.25, -0.2) is 4.98 Å². The van der Waals surface area contributed by atoms with Gasteiger partial charge in [0.05, 0.1) is 6.20 Å². The van der Waals surface area contributed by atoms with Crippen molar-refractivity contribution in [3.63, 3.8) is 0 Å². The van der Waals surface area contributed by atoms with Crippen molar-refractivity contribution in [2.45, 2.75) is 6.42 Å². The lowest BCUT2D eigenvalue weighted by atomic mass is 10.3. The van der Waals surface area contributed by atoms with Crippen molar-refractivity contribution in [3.05, 3.63) is 35.5 Å². The predicted octanol–water partition coefficient (Wildman–Crippen LogP) is 2.34. The zero-order valence-electron chi connectivity index (χ0n) is 10.8. The third-order valence-corrected chi connectivity index (χ3v) is 2.82. The summed E-state index contributed by atoms with van der Waals surface area (Å²) in [6.07, 6.45) is 2.36. The molecule has 2 aromatic rings. The molecule has 1 heterocycles. The molecule has 0 unspecified atom stereocenters. The molecule has 0 amide bonds. The molecule has 0 saturated carbocycles. The smallest absolute Gasteiger partial charge is 0.229 e. The Kier molecular flexibility index (Phi) is 4.97. The van der Waals surface area contributed by atoms with Crippen LogP contribution in [0.25, 0.3) is 0 Å². The van der Waals surface area contributed by atoms with Gasteiger partial charge in [-0.3, -0.25) is 0 Å². The molecule has 0 aliphatic heterocycles. The summed E-state index contributed by atoms with van der Waals surface area (Å²) < 4.78 is 0. The summed E-state index contributed by atoms with van der Waals surface area (Å²) in [5, 5.41) is 15.8. The van der Waals surface area contributed by atoms with E-state index in [0.717, 1.165) is 12.1 Å². The maximum absolute atomic E-state index is 9.23. The summed E-state index contributed by atoms with van der Waals surface area (Å²) in [7, 11) is 0. The van der Waals surface area contributed by atoms with Crippen molar-refractivity contribution in [2.24, 2.45) is 5.73 Å². The highest BCUT2D eigenvalue weighted by Gasteiger charge is 2.05. The second kappa shape index (κ2) is 6.93. The number of aromatic hydroxyl groups is 1. The molecule has 106 valence electrons. The minimum Gasteiger partial charge on any atom is -0.508 e. The van der Waals surface area contributed by atoms with E-state index < -0.39 is 0 Å². The first-order chi connectivity index (χ1) is 9.69. The summed E-state index contributed by atoms with van der Waals surface area (Å²) in [4.78, 5) is 8.40. The van der Waals surface area contributed by atoms with Crippen molar-refractivity contribution < 1.29 is 5.11 Å². The van der Waals surface area contributed by atoms with Crippen LogP contribution < -0.4 is 16.4 Å². The lowest BCUT2D eigenvalue weighted by Crippen LogP contribution is -2.10. The van der Waals surface area contributed by atoms with Crippen LogP contribution in [-0.2, 0) is 0 Å². The molecule has 0 atom stereocenters. The van der Waals surface area contributed by atoms with E-state index >= 15 is 0 Å². The first-order valence-corrected chi connectivity index (χ1v) is 6.59. The van der Waals surface area contributed by atoms with Crippen LogP contribution in [0.4, 0.5) is 17.5 Å². The van der Waals surface area contributed by atoms with Gasteiger partial charge in [-0.1, -0.05) is 11.6 Å². The minimum atomic E-state index is 0.205. The average molecular weight is 294 g/mol. The van der Waals surface area contributed by atoms with Crippen molar-refractivity contribution in [1.82, 2.24) is 9.97 Å². The fourth-order valence-electron chi connectivity index (χ4n) is 1.53. The van der Waals surface area contributed by atoms with E-state index in [0.29, 0.717) is 29.9 Å². The Hall–Kier alpha value is -2.05. The Morgan fingerprint density at radius 3 is 2.70 bits per heavy atom. The average Bonchev–Trinajstić information content (AvgIpc) is 2.45. The highest BCUT2D eigenvalue weighted by Crippen LogP contribution is 2.22. The molecular formula is C13H16ClN5O. The van der Waals surface area contributed by atoms with E-state index in [1.165, 1.54) is 6.20 Å². The maximum Gasteiger partial charge on any atom is 0.229 e. The quantitative estimate of drug-likeness (QED) is 0.482. The van der Waals surface area contributed by atoms with Crippen molar-refractivity contribution in [2.75, 3.05) is 23.7 Å². The Morgan fingerprint density at radius 2 is 2.00 bits per heavy atom. The molecule has 0 spiro atoms. The molecule has 20 heavy (non-hydrogen) atoms. The van der Waals surface area contributed by atoms with E-state index in [1.54, 1.807) is 24.3 Å². The van der Waals surface area contributed by atoms with E-state index in [1.807, 2.05) is 0 Å². The molecule has 2 rings (SSSR count). The lowest BCUT2D eigenvalue weighted by molar-refractivity contribution is 0.475. The SMILES string of the molecule is NCCCNc1nc(Nc2ccc(O)cc2)ncc1Cl. The van der Waals surface area contributed by atoms with Crippen molar-refractivity contribution >= 4 is 29.1 Å². The third kappa shape index (κ3) is 3.97. The summed E-state index contributed by atoms with van der Waals surface area (Å²) in [6, 6.07) is 6.63. The third-order valence-electron chi connectivity index (χ3n) is 2.54. The summed E-state index contributed by atoms with van der Waals surface area (Å²) >= 11 is 6.02. The molecule has 0 aliphatic carbocycles. The first-order valence-electron chi connectivity index (χ1n) is 6.21. The number of nitrogens with two attached hydrogens (primary N) is 1. The van der Waals surface area contributed by atoms with Crippen LogP contribution in [0.5, 0.6) is 5.75 Å². The topological polar surface area (TPSA) is 96.1 Å². The highest BCUT2D eigenvalue weighted by atomic mass is 35.5. The first kappa shape index (κ1) is 14.4. The summed E-state index contributed by atoms with van der Waals surface area (Å²) in [6.45, 7) is 1.31. The number of rotatable bonds is 6. The van der Waals surface area contributed by atoms with Crippen LogP contribution in [0.1, 0.15) is 6.42 Å². The van der Waals surface area contributed by atoms with Gasteiger partial charge in [0.25, 0.3) is 0 Å². The molecule has 0 fully saturated rings. The van der Waals surface area contributed by atoms with Gasteiger partial charge in [0.2, 0.25) is 5.95 Å². The molecular weight excluding hydrogens is 278 g/mol. The van der Waals surface area contributed by atoms with Gasteiger partial charge in [0.15, 0.2) is 0 Å². The minimum absolute atomic E-state index is 0.205. The second-order valence-corrected chi connectivity index (χ2v) is 4.54. The second-order valence-electron chi connectivity index (χ2n) is 4.13. The number of halogens is 1. The summed E-state index contributed by atoms with van der Waals surface area (Å²) in [5.41, 5.74) is 6.21. The molecule has 5 N–H and O–H groups in total. The number of benzene rings is 1. The van der Waals surface area contributed by atoms with Gasteiger partial charge in [0, 0.05) is 12.2 Å². The molecule has 1 aromatic carbocycles. The Balaban J connectivity index is 2.08. The van der Waals surface area contributed by atoms with Crippen LogP contribution in [0, 0.1) is 0 Å². The standard InChI is InChI=1S/C13H16ClN5O/c14-11-8-17-13(19-12(11)16-7-1-6-15)18-9-2-4-10(20)5-3-9/h2-5,8,20H,1,6-7,15H2,(H2,16,17,18,19). The van der Waals surface area contributed by atoms with Crippen LogP contribution >= 0.6 is 11.6 Å². The highest BCUT2D eigenvalue weighted by molar-refractivity contribution is 6.32. The molecule has 1 aromatic heterocycles. The number of nitrogens with zero attached hydrogens (tertiary/aromatic N) is 2. The zero-order chi connectivity index (χ0) is 14.4. The van der Waals surface area contributed by atoms with Gasteiger partial charge < -0.3 is 21.5 Å². The van der Waals surface area contributed by atoms with Gasteiger partial charge >= 0.3 is 0 Å². The number of aromatic nitrogens is 2. The fourth-order valence-corrected chi connectivity index (χ4v) is 1.69. The number of hydrogen-bond acceptors (Lipinski definition) is 6. The molecule has 0 saturated heterocycles. The number of phenols is 1. The molecule has 0 radical (unpaired) electrons. The lowest BCUT2D eigenvalue weighted by Gasteiger charge is -2.09. The van der Waals surface area contributed by atoms with Crippen LogP contribution in [0.15, 0.2) is 30.5 Å². The number of anilines is 3. The Labute approximate surface area is 122 Å². The number of phenolic OH excluding ortho intramolecular Hbond substituents is 1. The van der Waals surface area contributed by atoms with Crippen molar-refractivity contribution in [1.29, 1.82) is 0 Å². The molecule has 7 heteroatoms. The normalized spacial score (nSPS) is 10.3. The monoisotopic (exact) mass is 293 g/mol. The van der Waals surface area contributed by atoms with E-state index in [-0.39, 0.29) is 5.75 Å². The number of hydrogen-bond donors (Lipinski definition) is 4. The predicted molar refractivity (Wildman–Crippen MR) is 80.6 cm³/mol. The van der Waals surface area contributed by atoms with Gasteiger partial charge in [-0.15, -0.1) is 0 Å². The molecule has 0 bridgehead atoms. The summed E-state index contributed by atoms with van der Waals surface area (Å²) in [5.74, 6) is 1.20. The Bertz CT molecular complexity index is 561. The van der Waals surface area contributed by atoms with E-state index in [2.05, 4.69) is 20.6 Å². The molecule has 6 nitrogen and oxygen atoms in total. The van der Waals surface area contributed by atoms with Crippen LogP contribution in [0.2, 0.25) is 5.02 Å². The maximum atomic E-state index is 9.23. The fraction of sp³-hybridized carbons (Fsp3) is 0.231. The Morgan fingerprint density at radius 1 is 1.25 bits per heavy atom. The number of nitrogens with one attached hydrogen (secondary N) is 2. The van der Waals surface area contributed by atoms with Gasteiger partial charge in [-0.05, 0) is 37.2 Å². The molecule has 0 aliphatic rings. The van der Waals surface area contributed by atoms with E-state index in [9.17, 15) is 5.11 Å². The zero-order valence-corrected chi connectivity index (χ0v) is 11.6. The van der Waals surface area contributed by atoms with Crippen LogP contribution in [0.3, 0.4) is 0 Å². The van der Waals surface area contributed by atoms with Crippen molar-refractivity contribution in [3.8, 4) is 5.75 Å². The van der Waals surface area contributed by atoms with Gasteiger partial charge in [0.1, 0.15) is 16.6 Å². The van der Waals surface area contributed by atoms with E-state index in [4.69, 9.17) is 17.3 Å². The van der Waals surface area contributed by atoms with Gasteiger partial charge in [-0.2, -0.15) is 4.98 Å².